The van der Waals surface area contributed by atoms with E-state index >= 15 is 0 Å². The summed E-state index contributed by atoms with van der Waals surface area (Å²) in [5, 5.41) is 4.23. The predicted molar refractivity (Wildman–Crippen MR) is 86.1 cm³/mol. The summed E-state index contributed by atoms with van der Waals surface area (Å²) in [6, 6.07) is 2.55. The van der Waals surface area contributed by atoms with E-state index in [-0.39, 0.29) is 0 Å². The molecule has 6 atom stereocenters. The van der Waals surface area contributed by atoms with Gasteiger partial charge >= 0.3 is 0 Å². The van der Waals surface area contributed by atoms with Crippen molar-refractivity contribution in [3.8, 4) is 0 Å². The summed E-state index contributed by atoms with van der Waals surface area (Å²) in [4.78, 5) is 2.75. The van der Waals surface area contributed by atoms with E-state index in [0.29, 0.717) is 0 Å². The summed E-state index contributed by atoms with van der Waals surface area (Å²) < 4.78 is 0. The van der Waals surface area contributed by atoms with E-state index in [1.165, 1.54) is 32.4 Å². The molecule has 5 fully saturated rings. The summed E-state index contributed by atoms with van der Waals surface area (Å²) in [5.74, 6) is 6.33. The molecule has 1 N–H and O–H groups in total. The maximum Gasteiger partial charge on any atom is 0.0151 e. The van der Waals surface area contributed by atoms with Crippen molar-refractivity contribution in [2.45, 2.75) is 70.5 Å². The second kappa shape index (κ2) is 4.71. The molecule has 0 aromatic rings. The molecule has 0 aromatic heterocycles. The SMILES string of the molecule is CC(C)N1CC2CCCC(C1)C2NC1C2C3CCC(C3)C12. The van der Waals surface area contributed by atoms with E-state index in [4.69, 9.17) is 0 Å². The molecule has 5 rings (SSSR count). The zero-order valence-electron chi connectivity index (χ0n) is 13.8. The van der Waals surface area contributed by atoms with Crippen LogP contribution in [0.3, 0.4) is 0 Å². The third kappa shape index (κ3) is 1.97. The average Bonchev–Trinajstić information content (AvgIpc) is 2.84. The molecule has 6 unspecified atom stereocenters. The van der Waals surface area contributed by atoms with Gasteiger partial charge in [-0.05, 0) is 81.5 Å². The Balaban J connectivity index is 1.28. The van der Waals surface area contributed by atoms with Gasteiger partial charge in [0, 0.05) is 31.2 Å². The van der Waals surface area contributed by atoms with Gasteiger partial charge in [0.15, 0.2) is 0 Å². The first-order valence-corrected chi connectivity index (χ1v) is 9.72. The Bertz CT molecular complexity index is 390. The quantitative estimate of drug-likeness (QED) is 0.858. The smallest absolute Gasteiger partial charge is 0.0151 e. The lowest BCUT2D eigenvalue weighted by molar-refractivity contribution is 0.0272. The zero-order chi connectivity index (χ0) is 14.1. The minimum atomic E-state index is 0.741. The van der Waals surface area contributed by atoms with E-state index in [1.54, 1.807) is 19.3 Å². The van der Waals surface area contributed by atoms with Gasteiger partial charge in [0.25, 0.3) is 0 Å². The van der Waals surface area contributed by atoms with Crippen LogP contribution in [0.2, 0.25) is 0 Å². The van der Waals surface area contributed by atoms with Gasteiger partial charge in [-0.3, -0.25) is 0 Å². The van der Waals surface area contributed by atoms with Crippen molar-refractivity contribution in [3.05, 3.63) is 0 Å². The molecule has 21 heavy (non-hydrogen) atoms. The minimum absolute atomic E-state index is 0.741. The summed E-state index contributed by atoms with van der Waals surface area (Å²) in [7, 11) is 0. The highest BCUT2D eigenvalue weighted by atomic mass is 15.2. The molecule has 4 saturated carbocycles. The molecule has 2 heteroatoms. The Labute approximate surface area is 130 Å². The molecule has 2 nitrogen and oxygen atoms in total. The van der Waals surface area contributed by atoms with Crippen molar-refractivity contribution in [3.63, 3.8) is 0 Å². The van der Waals surface area contributed by atoms with Gasteiger partial charge in [0.2, 0.25) is 0 Å². The Kier molecular flexibility index (Phi) is 3.00. The molecule has 4 aliphatic carbocycles. The van der Waals surface area contributed by atoms with Crippen LogP contribution < -0.4 is 5.32 Å². The van der Waals surface area contributed by atoms with Crippen LogP contribution in [0.25, 0.3) is 0 Å². The van der Waals surface area contributed by atoms with Crippen molar-refractivity contribution in [2.75, 3.05) is 13.1 Å². The summed E-state index contributed by atoms with van der Waals surface area (Å²) in [5.41, 5.74) is 0. The standard InChI is InChI=1S/C19H32N2/c1-11(2)21-9-14-4-3-5-15(10-21)18(14)20-19-16-12-6-7-13(8-12)17(16)19/h11-20H,3-10H2,1-2H3. The van der Waals surface area contributed by atoms with E-state index in [9.17, 15) is 0 Å². The third-order valence-electron chi connectivity index (χ3n) is 7.95. The highest BCUT2D eigenvalue weighted by Gasteiger charge is 2.65. The lowest BCUT2D eigenvalue weighted by Crippen LogP contribution is -2.59. The number of piperidine rings is 1. The van der Waals surface area contributed by atoms with Crippen molar-refractivity contribution in [1.82, 2.24) is 10.2 Å². The van der Waals surface area contributed by atoms with Crippen LogP contribution in [0.15, 0.2) is 0 Å². The van der Waals surface area contributed by atoms with Gasteiger partial charge in [0.05, 0.1) is 0 Å². The van der Waals surface area contributed by atoms with Crippen LogP contribution in [-0.4, -0.2) is 36.1 Å². The largest absolute Gasteiger partial charge is 0.310 e. The summed E-state index contributed by atoms with van der Waals surface area (Å²) in [6.07, 6.45) is 9.15. The summed E-state index contributed by atoms with van der Waals surface area (Å²) >= 11 is 0. The second-order valence-electron chi connectivity index (χ2n) is 9.20. The second-order valence-corrected chi connectivity index (χ2v) is 9.20. The molecule has 1 heterocycles. The first-order valence-electron chi connectivity index (χ1n) is 9.72. The molecule has 0 radical (unpaired) electrons. The van der Waals surface area contributed by atoms with E-state index in [1.807, 2.05) is 0 Å². The highest BCUT2D eigenvalue weighted by Crippen LogP contribution is 2.66. The van der Waals surface area contributed by atoms with Gasteiger partial charge < -0.3 is 10.2 Å². The number of hydrogen-bond acceptors (Lipinski definition) is 2. The van der Waals surface area contributed by atoms with Gasteiger partial charge in [0.1, 0.15) is 0 Å². The number of nitrogens with zero attached hydrogens (tertiary/aromatic N) is 1. The zero-order valence-corrected chi connectivity index (χ0v) is 13.8. The number of rotatable bonds is 3. The van der Waals surface area contributed by atoms with Crippen molar-refractivity contribution >= 4 is 0 Å². The maximum absolute atomic E-state index is 4.23. The Hall–Kier alpha value is -0.0800. The molecule has 0 aromatic carbocycles. The average molecular weight is 288 g/mol. The number of hydrogen-bond donors (Lipinski definition) is 1. The minimum Gasteiger partial charge on any atom is -0.310 e. The molecule has 4 bridgehead atoms. The van der Waals surface area contributed by atoms with Gasteiger partial charge in [-0.25, -0.2) is 0 Å². The van der Waals surface area contributed by atoms with E-state index < -0.39 is 0 Å². The molecule has 1 aliphatic heterocycles. The highest BCUT2D eigenvalue weighted by molar-refractivity contribution is 5.18. The Morgan fingerprint density at radius 3 is 2.00 bits per heavy atom. The van der Waals surface area contributed by atoms with E-state index in [2.05, 4.69) is 24.1 Å². The fraction of sp³-hybridized carbons (Fsp3) is 1.00. The van der Waals surface area contributed by atoms with Crippen LogP contribution in [0.1, 0.15) is 52.4 Å². The molecular weight excluding hydrogens is 256 g/mol. The first-order chi connectivity index (χ1) is 10.2. The molecule has 5 aliphatic rings. The lowest BCUT2D eigenvalue weighted by atomic mass is 9.73. The van der Waals surface area contributed by atoms with Crippen LogP contribution in [0, 0.1) is 35.5 Å². The fourth-order valence-corrected chi connectivity index (χ4v) is 6.94. The monoisotopic (exact) mass is 288 g/mol. The Morgan fingerprint density at radius 2 is 1.43 bits per heavy atom. The van der Waals surface area contributed by atoms with Gasteiger partial charge in [-0.15, -0.1) is 0 Å². The van der Waals surface area contributed by atoms with Crippen LogP contribution >= 0.6 is 0 Å². The van der Waals surface area contributed by atoms with Gasteiger partial charge in [-0.2, -0.15) is 0 Å². The maximum atomic E-state index is 4.23. The topological polar surface area (TPSA) is 15.3 Å². The van der Waals surface area contributed by atoms with Crippen molar-refractivity contribution < 1.29 is 0 Å². The van der Waals surface area contributed by atoms with Gasteiger partial charge in [-0.1, -0.05) is 6.42 Å². The van der Waals surface area contributed by atoms with E-state index in [0.717, 1.165) is 53.6 Å². The van der Waals surface area contributed by atoms with Crippen LogP contribution in [0.5, 0.6) is 0 Å². The predicted octanol–water partition coefficient (Wildman–Crippen LogP) is 3.13. The number of likely N-dealkylation sites (tertiary alicyclic amines) is 1. The fourth-order valence-electron chi connectivity index (χ4n) is 6.94. The van der Waals surface area contributed by atoms with Crippen molar-refractivity contribution in [2.24, 2.45) is 35.5 Å². The first kappa shape index (κ1) is 13.4. The normalized spacial score (nSPS) is 55.0. The third-order valence-corrected chi connectivity index (χ3v) is 7.95. The number of nitrogens with one attached hydrogen (secondary N) is 1. The number of fused-ring (bicyclic) bond motifs is 7. The Morgan fingerprint density at radius 1 is 0.810 bits per heavy atom. The molecule has 118 valence electrons. The summed E-state index contributed by atoms with van der Waals surface area (Å²) in [6.45, 7) is 7.49. The molecule has 0 spiro atoms. The van der Waals surface area contributed by atoms with Crippen LogP contribution in [0.4, 0.5) is 0 Å². The van der Waals surface area contributed by atoms with Crippen molar-refractivity contribution in [1.29, 1.82) is 0 Å². The molecule has 1 saturated heterocycles. The lowest BCUT2D eigenvalue weighted by Gasteiger charge is -2.49. The molecule has 0 amide bonds. The molecular formula is C19H32N2. The van der Waals surface area contributed by atoms with Crippen LogP contribution in [-0.2, 0) is 0 Å².